The van der Waals surface area contributed by atoms with Crippen molar-refractivity contribution in [1.29, 1.82) is 0 Å². The lowest BCUT2D eigenvalue weighted by Crippen LogP contribution is -2.31. The molecule has 1 aliphatic rings. The summed E-state index contributed by atoms with van der Waals surface area (Å²) in [5.74, 6) is 1.24. The molecule has 3 heteroatoms. The van der Waals surface area contributed by atoms with Gasteiger partial charge in [-0.1, -0.05) is 20.4 Å². The first-order valence-corrected chi connectivity index (χ1v) is 5.52. The highest BCUT2D eigenvalue weighted by atomic mass is 16.3. The van der Waals surface area contributed by atoms with Crippen LogP contribution in [0.5, 0.6) is 0 Å². The third-order valence-corrected chi connectivity index (χ3v) is 3.02. The van der Waals surface area contributed by atoms with E-state index in [0.29, 0.717) is 19.0 Å². The molecule has 3 nitrogen and oxygen atoms in total. The molecule has 16 heavy (non-hydrogen) atoms. The Morgan fingerprint density at radius 3 is 2.81 bits per heavy atom. The Morgan fingerprint density at radius 2 is 2.19 bits per heavy atom. The molecule has 0 amide bonds. The summed E-state index contributed by atoms with van der Waals surface area (Å²) in [7, 11) is 1.92. The topological polar surface area (TPSA) is 33.5 Å². The van der Waals surface area contributed by atoms with Crippen molar-refractivity contribution in [2.45, 2.75) is 20.4 Å². The summed E-state index contributed by atoms with van der Waals surface area (Å²) in [6.07, 6.45) is 1.67. The summed E-state index contributed by atoms with van der Waals surface area (Å²) in [6, 6.07) is 0. The number of rotatable bonds is 2. The largest absolute Gasteiger partial charge is 0.467 e. The maximum absolute atomic E-state index is 12.0. The molecule has 1 aliphatic heterocycles. The highest BCUT2D eigenvalue weighted by Crippen LogP contribution is 2.31. The standard InChI is InChI=1S/C13H17NO2/c1-8(2)9(3)10-7-16-12-6-14(4)5-11(15)13(10)12/h7-8H,3,5-6H2,1-2,4H3. The van der Waals surface area contributed by atoms with Gasteiger partial charge < -0.3 is 4.42 Å². The number of hydrogen-bond acceptors (Lipinski definition) is 3. The first kappa shape index (κ1) is 11.1. The Morgan fingerprint density at radius 1 is 1.50 bits per heavy atom. The van der Waals surface area contributed by atoms with Gasteiger partial charge in [-0.15, -0.1) is 0 Å². The normalized spacial score (nSPS) is 16.6. The number of nitrogens with zero attached hydrogens (tertiary/aromatic N) is 1. The van der Waals surface area contributed by atoms with E-state index >= 15 is 0 Å². The molecule has 0 N–H and O–H groups in total. The van der Waals surface area contributed by atoms with Crippen LogP contribution in [0.2, 0.25) is 0 Å². The average molecular weight is 219 g/mol. The number of likely N-dealkylation sites (N-methyl/N-ethyl adjacent to an activating group) is 1. The summed E-state index contributed by atoms with van der Waals surface area (Å²) < 4.78 is 5.48. The van der Waals surface area contributed by atoms with E-state index < -0.39 is 0 Å². The van der Waals surface area contributed by atoms with Crippen molar-refractivity contribution in [3.05, 3.63) is 29.7 Å². The van der Waals surface area contributed by atoms with Gasteiger partial charge in [0.1, 0.15) is 5.76 Å². The zero-order valence-corrected chi connectivity index (χ0v) is 10.0. The Labute approximate surface area is 95.7 Å². The molecule has 86 valence electrons. The molecule has 0 atom stereocenters. The highest BCUT2D eigenvalue weighted by molar-refractivity contribution is 6.03. The van der Waals surface area contributed by atoms with Crippen LogP contribution >= 0.6 is 0 Å². The van der Waals surface area contributed by atoms with Gasteiger partial charge in [0.25, 0.3) is 0 Å². The number of carbonyl (C=O) groups excluding carboxylic acids is 1. The molecular formula is C13H17NO2. The minimum Gasteiger partial charge on any atom is -0.467 e. The van der Waals surface area contributed by atoms with Crippen LogP contribution in [0.15, 0.2) is 17.3 Å². The molecule has 0 radical (unpaired) electrons. The van der Waals surface area contributed by atoms with E-state index in [9.17, 15) is 4.79 Å². The van der Waals surface area contributed by atoms with Gasteiger partial charge in [-0.3, -0.25) is 9.69 Å². The molecule has 2 heterocycles. The van der Waals surface area contributed by atoms with Gasteiger partial charge in [-0.05, 0) is 18.5 Å². The minimum absolute atomic E-state index is 0.134. The average Bonchev–Trinajstić information content (AvgIpc) is 2.59. The fourth-order valence-corrected chi connectivity index (χ4v) is 1.99. The smallest absolute Gasteiger partial charge is 0.180 e. The van der Waals surface area contributed by atoms with Crippen molar-refractivity contribution in [2.75, 3.05) is 13.6 Å². The van der Waals surface area contributed by atoms with Gasteiger partial charge >= 0.3 is 0 Å². The summed E-state index contributed by atoms with van der Waals surface area (Å²) in [5.41, 5.74) is 2.61. The quantitative estimate of drug-likeness (QED) is 0.766. The molecule has 0 aromatic carbocycles. The van der Waals surface area contributed by atoms with Gasteiger partial charge in [0.05, 0.1) is 24.9 Å². The number of furan rings is 1. The Bertz CT molecular complexity index is 443. The van der Waals surface area contributed by atoms with E-state index in [-0.39, 0.29) is 5.78 Å². The zero-order chi connectivity index (χ0) is 11.9. The molecule has 0 aliphatic carbocycles. The molecular weight excluding hydrogens is 202 g/mol. The molecule has 1 aromatic heterocycles. The predicted octanol–water partition coefficient (Wildman–Crippen LogP) is 2.58. The van der Waals surface area contributed by atoms with E-state index in [1.807, 2.05) is 11.9 Å². The predicted molar refractivity (Wildman–Crippen MR) is 63.2 cm³/mol. The maximum Gasteiger partial charge on any atom is 0.180 e. The lowest BCUT2D eigenvalue weighted by Gasteiger charge is -2.21. The van der Waals surface area contributed by atoms with Crippen LogP contribution in [0.3, 0.4) is 0 Å². The van der Waals surface area contributed by atoms with E-state index in [2.05, 4.69) is 20.4 Å². The van der Waals surface area contributed by atoms with Crippen LogP contribution < -0.4 is 0 Å². The second-order valence-corrected chi connectivity index (χ2v) is 4.72. The highest BCUT2D eigenvalue weighted by Gasteiger charge is 2.28. The molecule has 0 fully saturated rings. The minimum atomic E-state index is 0.134. The Balaban J connectivity index is 2.45. The van der Waals surface area contributed by atoms with Gasteiger partial charge in [0.2, 0.25) is 0 Å². The summed E-state index contributed by atoms with van der Waals surface area (Å²) in [5, 5.41) is 0. The van der Waals surface area contributed by atoms with Crippen LogP contribution in [-0.2, 0) is 6.54 Å². The number of ketones is 1. The van der Waals surface area contributed by atoms with E-state index in [1.54, 1.807) is 6.26 Å². The number of fused-ring (bicyclic) bond motifs is 1. The van der Waals surface area contributed by atoms with Crippen molar-refractivity contribution in [1.82, 2.24) is 4.90 Å². The third kappa shape index (κ3) is 1.71. The molecule has 0 bridgehead atoms. The van der Waals surface area contributed by atoms with Crippen molar-refractivity contribution < 1.29 is 9.21 Å². The summed E-state index contributed by atoms with van der Waals surface area (Å²) >= 11 is 0. The first-order chi connectivity index (χ1) is 7.50. The summed E-state index contributed by atoms with van der Waals surface area (Å²) in [4.78, 5) is 13.9. The van der Waals surface area contributed by atoms with Crippen LogP contribution in [0.1, 0.15) is 35.5 Å². The van der Waals surface area contributed by atoms with Crippen molar-refractivity contribution in [2.24, 2.45) is 5.92 Å². The fourth-order valence-electron chi connectivity index (χ4n) is 1.99. The van der Waals surface area contributed by atoms with Gasteiger partial charge in [-0.2, -0.15) is 0 Å². The van der Waals surface area contributed by atoms with Crippen LogP contribution in [0, 0.1) is 5.92 Å². The third-order valence-electron chi connectivity index (χ3n) is 3.02. The lowest BCUT2D eigenvalue weighted by molar-refractivity contribution is 0.0913. The lowest BCUT2D eigenvalue weighted by atomic mass is 9.92. The second-order valence-electron chi connectivity index (χ2n) is 4.72. The van der Waals surface area contributed by atoms with Crippen molar-refractivity contribution in [3.8, 4) is 0 Å². The molecule has 0 saturated heterocycles. The van der Waals surface area contributed by atoms with E-state index in [1.165, 1.54) is 0 Å². The van der Waals surface area contributed by atoms with Crippen LogP contribution in [0.4, 0.5) is 0 Å². The molecule has 2 rings (SSSR count). The second kappa shape index (κ2) is 3.91. The van der Waals surface area contributed by atoms with E-state index in [0.717, 1.165) is 22.5 Å². The Kier molecular flexibility index (Phi) is 2.72. The van der Waals surface area contributed by atoms with E-state index in [4.69, 9.17) is 4.42 Å². The van der Waals surface area contributed by atoms with Gasteiger partial charge in [0.15, 0.2) is 5.78 Å². The van der Waals surface area contributed by atoms with Gasteiger partial charge in [-0.25, -0.2) is 0 Å². The zero-order valence-electron chi connectivity index (χ0n) is 10.0. The van der Waals surface area contributed by atoms with Crippen molar-refractivity contribution in [3.63, 3.8) is 0 Å². The number of carbonyl (C=O) groups is 1. The first-order valence-electron chi connectivity index (χ1n) is 5.52. The molecule has 1 aromatic rings. The molecule has 0 spiro atoms. The summed E-state index contributed by atoms with van der Waals surface area (Å²) in [6.45, 7) is 9.34. The number of Topliss-reactive ketones (excluding diaryl/α,β-unsaturated/α-hetero) is 1. The molecule has 0 unspecified atom stereocenters. The maximum atomic E-state index is 12.0. The monoisotopic (exact) mass is 219 g/mol. The van der Waals surface area contributed by atoms with Gasteiger partial charge in [0, 0.05) is 5.56 Å². The SMILES string of the molecule is C=C(c1coc2c1C(=O)CN(C)C2)C(C)C. The number of hydrogen-bond donors (Lipinski definition) is 0. The van der Waals surface area contributed by atoms with Crippen molar-refractivity contribution >= 4 is 11.4 Å². The Hall–Kier alpha value is -1.35. The molecule has 0 saturated carbocycles. The fraction of sp³-hybridized carbons (Fsp3) is 0.462. The van der Waals surface area contributed by atoms with Crippen LogP contribution in [0.25, 0.3) is 5.57 Å². The number of allylic oxidation sites excluding steroid dienone is 1. The van der Waals surface area contributed by atoms with Crippen LogP contribution in [-0.4, -0.2) is 24.3 Å².